The summed E-state index contributed by atoms with van der Waals surface area (Å²) < 4.78 is 17.5. The van der Waals surface area contributed by atoms with Crippen LogP contribution < -0.4 is 20.1 Å². The number of rotatable bonds is 6. The van der Waals surface area contributed by atoms with Crippen LogP contribution in [-0.2, 0) is 16.0 Å². The summed E-state index contributed by atoms with van der Waals surface area (Å²) in [6, 6.07) is 3.92. The Bertz CT molecular complexity index is 572. The number of ether oxygens (including phenoxy) is 3. The van der Waals surface area contributed by atoms with Gasteiger partial charge in [-0.05, 0) is 43.5 Å². The van der Waals surface area contributed by atoms with Gasteiger partial charge in [0.25, 0.3) is 0 Å². The van der Waals surface area contributed by atoms with Gasteiger partial charge in [-0.2, -0.15) is 0 Å². The highest BCUT2D eigenvalue weighted by molar-refractivity contribution is 5.53. The molecule has 0 bridgehead atoms. The van der Waals surface area contributed by atoms with Crippen LogP contribution >= 0.6 is 0 Å². The van der Waals surface area contributed by atoms with E-state index in [4.69, 9.17) is 14.2 Å². The molecule has 2 heterocycles. The van der Waals surface area contributed by atoms with Crippen molar-refractivity contribution in [2.24, 2.45) is 5.92 Å². The quantitative estimate of drug-likeness (QED) is 0.771. The predicted octanol–water partition coefficient (Wildman–Crippen LogP) is 1.43. The normalized spacial score (nSPS) is 24.1. The van der Waals surface area contributed by atoms with Gasteiger partial charge in [-0.15, -0.1) is 0 Å². The van der Waals surface area contributed by atoms with E-state index in [-0.39, 0.29) is 12.2 Å². The fraction of sp³-hybridized carbons (Fsp3) is 0.611. The standard InChI is InChI=1S/C18H26N2O4/c1-22-15-4-3-13-14(18(15)23-2)9-16(12-5-7-19-8-6-12)24-17(13)10-20-11-21/h3-4,11-12,16-17,19H,5-10H2,1-2H3,(H,20,21). The lowest BCUT2D eigenvalue weighted by Gasteiger charge is -2.38. The molecule has 3 rings (SSSR count). The van der Waals surface area contributed by atoms with E-state index in [1.807, 2.05) is 12.1 Å². The van der Waals surface area contributed by atoms with E-state index in [9.17, 15) is 4.79 Å². The maximum Gasteiger partial charge on any atom is 0.207 e. The van der Waals surface area contributed by atoms with Gasteiger partial charge in [-0.25, -0.2) is 0 Å². The van der Waals surface area contributed by atoms with Crippen molar-refractivity contribution in [3.8, 4) is 11.5 Å². The summed E-state index contributed by atoms with van der Waals surface area (Å²) >= 11 is 0. The molecule has 0 aromatic heterocycles. The van der Waals surface area contributed by atoms with E-state index >= 15 is 0 Å². The van der Waals surface area contributed by atoms with Crippen LogP contribution in [0, 0.1) is 5.92 Å². The SMILES string of the molecule is COc1ccc2c(c1OC)CC(C1CCNCC1)OC2CNC=O. The number of hydrogen-bond donors (Lipinski definition) is 2. The zero-order valence-corrected chi connectivity index (χ0v) is 14.3. The second-order valence-corrected chi connectivity index (χ2v) is 6.35. The van der Waals surface area contributed by atoms with Crippen molar-refractivity contribution in [1.29, 1.82) is 0 Å². The van der Waals surface area contributed by atoms with Crippen molar-refractivity contribution in [1.82, 2.24) is 10.6 Å². The molecule has 1 aromatic rings. The largest absolute Gasteiger partial charge is 0.493 e. The van der Waals surface area contributed by atoms with Gasteiger partial charge in [-0.3, -0.25) is 4.79 Å². The molecule has 6 heteroatoms. The number of hydrogen-bond acceptors (Lipinski definition) is 5. The van der Waals surface area contributed by atoms with E-state index in [0.717, 1.165) is 61.4 Å². The molecule has 2 aliphatic rings. The minimum absolute atomic E-state index is 0.138. The Morgan fingerprint density at radius 3 is 2.75 bits per heavy atom. The van der Waals surface area contributed by atoms with Crippen LogP contribution in [0.3, 0.4) is 0 Å². The van der Waals surface area contributed by atoms with Crippen LogP contribution in [0.2, 0.25) is 0 Å². The molecule has 0 spiro atoms. The monoisotopic (exact) mass is 334 g/mol. The Labute approximate surface area is 142 Å². The van der Waals surface area contributed by atoms with Gasteiger partial charge >= 0.3 is 0 Å². The first-order chi connectivity index (χ1) is 11.8. The predicted molar refractivity (Wildman–Crippen MR) is 90.5 cm³/mol. The first-order valence-electron chi connectivity index (χ1n) is 8.55. The fourth-order valence-corrected chi connectivity index (χ4v) is 3.86. The van der Waals surface area contributed by atoms with Gasteiger partial charge in [0.05, 0.1) is 20.3 Å². The number of methoxy groups -OCH3 is 2. The van der Waals surface area contributed by atoms with Gasteiger partial charge in [0.1, 0.15) is 6.10 Å². The van der Waals surface area contributed by atoms with E-state index in [1.54, 1.807) is 14.2 Å². The number of carbonyl (C=O) groups is 1. The van der Waals surface area contributed by atoms with E-state index in [0.29, 0.717) is 12.5 Å². The van der Waals surface area contributed by atoms with Gasteiger partial charge in [0.2, 0.25) is 6.41 Å². The average molecular weight is 334 g/mol. The van der Waals surface area contributed by atoms with Crippen LogP contribution in [0.5, 0.6) is 11.5 Å². The topological polar surface area (TPSA) is 68.8 Å². The van der Waals surface area contributed by atoms with Crippen LogP contribution in [0.25, 0.3) is 0 Å². The summed E-state index contributed by atoms with van der Waals surface area (Å²) in [5.41, 5.74) is 2.22. The highest BCUT2D eigenvalue weighted by Crippen LogP contribution is 2.43. The molecule has 2 atom stereocenters. The zero-order valence-electron chi connectivity index (χ0n) is 14.3. The van der Waals surface area contributed by atoms with E-state index in [1.165, 1.54) is 0 Å². The molecule has 1 saturated heterocycles. The first-order valence-corrected chi connectivity index (χ1v) is 8.55. The van der Waals surface area contributed by atoms with Crippen molar-refractivity contribution >= 4 is 6.41 Å². The maximum absolute atomic E-state index is 10.7. The summed E-state index contributed by atoms with van der Waals surface area (Å²) in [4.78, 5) is 10.7. The molecule has 2 unspecified atom stereocenters. The second kappa shape index (κ2) is 7.85. The third-order valence-corrected chi connectivity index (χ3v) is 5.07. The third-order valence-electron chi connectivity index (χ3n) is 5.07. The molecule has 132 valence electrons. The van der Waals surface area contributed by atoms with Gasteiger partial charge in [0, 0.05) is 18.5 Å². The van der Waals surface area contributed by atoms with Crippen molar-refractivity contribution in [3.05, 3.63) is 23.3 Å². The Hall–Kier alpha value is -1.79. The number of carbonyl (C=O) groups excluding carboxylic acids is 1. The summed E-state index contributed by atoms with van der Waals surface area (Å²) in [5.74, 6) is 2.05. The van der Waals surface area contributed by atoms with Crippen molar-refractivity contribution < 1.29 is 19.0 Å². The number of amides is 1. The molecule has 2 N–H and O–H groups in total. The summed E-state index contributed by atoms with van der Waals surface area (Å²) in [5, 5.41) is 6.16. The summed E-state index contributed by atoms with van der Waals surface area (Å²) in [6.07, 6.45) is 3.74. The Morgan fingerprint density at radius 1 is 1.29 bits per heavy atom. The molecule has 6 nitrogen and oxygen atoms in total. The molecule has 1 amide bonds. The molecule has 1 aromatic carbocycles. The lowest BCUT2D eigenvalue weighted by Crippen LogP contribution is -2.41. The highest BCUT2D eigenvalue weighted by Gasteiger charge is 2.35. The molecular weight excluding hydrogens is 308 g/mol. The number of fused-ring (bicyclic) bond motifs is 1. The fourth-order valence-electron chi connectivity index (χ4n) is 3.86. The third kappa shape index (κ3) is 3.35. The van der Waals surface area contributed by atoms with Gasteiger partial charge in [-0.1, -0.05) is 6.07 Å². The van der Waals surface area contributed by atoms with Crippen LogP contribution in [0.1, 0.15) is 30.1 Å². The van der Waals surface area contributed by atoms with Crippen LogP contribution in [0.4, 0.5) is 0 Å². The zero-order chi connectivity index (χ0) is 16.9. The molecular formula is C18H26N2O4. The number of nitrogens with one attached hydrogen (secondary N) is 2. The Balaban J connectivity index is 1.93. The van der Waals surface area contributed by atoms with Crippen molar-refractivity contribution in [3.63, 3.8) is 0 Å². The summed E-state index contributed by atoms with van der Waals surface area (Å²) in [6.45, 7) is 2.53. The Morgan fingerprint density at radius 2 is 2.08 bits per heavy atom. The van der Waals surface area contributed by atoms with Gasteiger partial charge < -0.3 is 24.8 Å². The maximum atomic E-state index is 10.7. The molecule has 24 heavy (non-hydrogen) atoms. The minimum atomic E-state index is -0.154. The molecule has 0 saturated carbocycles. The smallest absolute Gasteiger partial charge is 0.207 e. The minimum Gasteiger partial charge on any atom is -0.493 e. The van der Waals surface area contributed by atoms with E-state index < -0.39 is 0 Å². The molecule has 0 aliphatic carbocycles. The van der Waals surface area contributed by atoms with Crippen LogP contribution in [0.15, 0.2) is 12.1 Å². The highest BCUT2D eigenvalue weighted by atomic mass is 16.5. The lowest BCUT2D eigenvalue weighted by molar-refractivity contribution is -0.111. The molecule has 1 fully saturated rings. The lowest BCUT2D eigenvalue weighted by atomic mass is 9.83. The van der Waals surface area contributed by atoms with Crippen molar-refractivity contribution in [2.45, 2.75) is 31.5 Å². The van der Waals surface area contributed by atoms with Crippen molar-refractivity contribution in [2.75, 3.05) is 33.9 Å². The second-order valence-electron chi connectivity index (χ2n) is 6.35. The first kappa shape index (κ1) is 17.0. The molecule has 2 aliphatic heterocycles. The average Bonchev–Trinajstić information content (AvgIpc) is 2.65. The molecule has 0 radical (unpaired) electrons. The number of benzene rings is 1. The van der Waals surface area contributed by atoms with Gasteiger partial charge in [0.15, 0.2) is 11.5 Å². The van der Waals surface area contributed by atoms with Crippen LogP contribution in [-0.4, -0.2) is 46.4 Å². The summed E-state index contributed by atoms with van der Waals surface area (Å²) in [7, 11) is 3.32. The van der Waals surface area contributed by atoms with E-state index in [2.05, 4.69) is 10.6 Å². The number of piperidine rings is 1. The Kier molecular flexibility index (Phi) is 5.58.